The minimum Gasteiger partial charge on any atom is -0.339 e. The minimum atomic E-state index is -0.00862. The maximum atomic E-state index is 12.1. The van der Waals surface area contributed by atoms with Crippen LogP contribution in [0.4, 0.5) is 0 Å². The molecule has 0 bridgehead atoms. The smallest absolute Gasteiger partial charge is 0.255 e. The van der Waals surface area contributed by atoms with E-state index in [1.54, 1.807) is 12.1 Å². The summed E-state index contributed by atoms with van der Waals surface area (Å²) in [6.45, 7) is 5.61. The summed E-state index contributed by atoms with van der Waals surface area (Å²) in [7, 11) is 0. The van der Waals surface area contributed by atoms with Gasteiger partial charge in [-0.2, -0.15) is 5.26 Å². The average Bonchev–Trinajstić information content (AvgIpc) is 2.38. The summed E-state index contributed by atoms with van der Waals surface area (Å²) < 4.78 is 0. The van der Waals surface area contributed by atoms with E-state index in [1.807, 2.05) is 24.8 Å². The molecule has 0 spiro atoms. The van der Waals surface area contributed by atoms with Crippen molar-refractivity contribution in [3.05, 3.63) is 29.6 Å². The third-order valence-corrected chi connectivity index (χ3v) is 2.40. The van der Waals surface area contributed by atoms with Crippen LogP contribution in [0, 0.1) is 11.3 Å². The molecule has 0 saturated heterocycles. The molecule has 1 aromatic rings. The fourth-order valence-corrected chi connectivity index (χ4v) is 1.62. The van der Waals surface area contributed by atoms with E-state index >= 15 is 0 Å². The summed E-state index contributed by atoms with van der Waals surface area (Å²) in [6.07, 6.45) is 3.35. The van der Waals surface area contributed by atoms with Crippen molar-refractivity contribution in [2.45, 2.75) is 26.7 Å². The monoisotopic (exact) mass is 231 g/mol. The molecular weight excluding hydrogens is 214 g/mol. The molecule has 0 aliphatic heterocycles. The molecule has 0 aliphatic rings. The van der Waals surface area contributed by atoms with Gasteiger partial charge in [-0.25, -0.2) is 4.98 Å². The van der Waals surface area contributed by atoms with Gasteiger partial charge in [0.25, 0.3) is 5.91 Å². The molecule has 0 radical (unpaired) electrons. The molecule has 0 atom stereocenters. The number of nitrogens with zero attached hydrogens (tertiary/aromatic N) is 3. The first-order valence-corrected chi connectivity index (χ1v) is 5.88. The second kappa shape index (κ2) is 6.64. The number of hydrogen-bond acceptors (Lipinski definition) is 3. The van der Waals surface area contributed by atoms with Gasteiger partial charge in [0.2, 0.25) is 0 Å². The van der Waals surface area contributed by atoms with E-state index in [2.05, 4.69) is 4.98 Å². The Morgan fingerprint density at radius 2 is 2.00 bits per heavy atom. The second-order valence-electron chi connectivity index (χ2n) is 3.84. The lowest BCUT2D eigenvalue weighted by Gasteiger charge is -2.21. The highest BCUT2D eigenvalue weighted by Crippen LogP contribution is 2.06. The molecule has 1 amide bonds. The zero-order chi connectivity index (χ0) is 12.7. The van der Waals surface area contributed by atoms with Crippen LogP contribution < -0.4 is 0 Å². The Morgan fingerprint density at radius 3 is 2.41 bits per heavy atom. The van der Waals surface area contributed by atoms with Gasteiger partial charge < -0.3 is 4.90 Å². The molecule has 1 rings (SSSR count). The molecule has 0 aliphatic carbocycles. The summed E-state index contributed by atoms with van der Waals surface area (Å²) in [5.74, 6) is -0.00862. The van der Waals surface area contributed by atoms with Gasteiger partial charge in [-0.05, 0) is 25.0 Å². The fraction of sp³-hybridized carbons (Fsp3) is 0.462. The molecule has 90 valence electrons. The lowest BCUT2D eigenvalue weighted by Crippen LogP contribution is -2.32. The first-order valence-electron chi connectivity index (χ1n) is 5.88. The Labute approximate surface area is 102 Å². The summed E-state index contributed by atoms with van der Waals surface area (Å²) in [6, 6.07) is 5.17. The highest BCUT2D eigenvalue weighted by Gasteiger charge is 2.14. The number of aromatic nitrogens is 1. The van der Waals surface area contributed by atoms with Crippen LogP contribution in [-0.4, -0.2) is 28.9 Å². The molecular formula is C13H17N3O. The van der Waals surface area contributed by atoms with Crippen LogP contribution in [0.3, 0.4) is 0 Å². The normalized spacial score (nSPS) is 9.71. The van der Waals surface area contributed by atoms with Crippen LogP contribution in [0.15, 0.2) is 18.3 Å². The topological polar surface area (TPSA) is 57.0 Å². The lowest BCUT2D eigenvalue weighted by atomic mass is 10.2. The third kappa shape index (κ3) is 3.56. The summed E-state index contributed by atoms with van der Waals surface area (Å²) in [4.78, 5) is 17.9. The molecule has 0 unspecified atom stereocenters. The molecule has 17 heavy (non-hydrogen) atoms. The lowest BCUT2D eigenvalue weighted by molar-refractivity contribution is 0.0755. The van der Waals surface area contributed by atoms with Gasteiger partial charge in [-0.1, -0.05) is 13.8 Å². The summed E-state index contributed by atoms with van der Waals surface area (Å²) >= 11 is 0. The Kier molecular flexibility index (Phi) is 5.15. The van der Waals surface area contributed by atoms with Crippen molar-refractivity contribution in [2.24, 2.45) is 0 Å². The van der Waals surface area contributed by atoms with Gasteiger partial charge in [0.1, 0.15) is 11.8 Å². The number of amides is 1. The third-order valence-electron chi connectivity index (χ3n) is 2.40. The predicted molar refractivity (Wildman–Crippen MR) is 65.4 cm³/mol. The molecule has 0 saturated carbocycles. The highest BCUT2D eigenvalue weighted by molar-refractivity contribution is 5.93. The fourth-order valence-electron chi connectivity index (χ4n) is 1.62. The van der Waals surface area contributed by atoms with Crippen molar-refractivity contribution in [3.63, 3.8) is 0 Å². The van der Waals surface area contributed by atoms with Gasteiger partial charge in [0.15, 0.2) is 0 Å². The highest BCUT2D eigenvalue weighted by atomic mass is 16.2. The van der Waals surface area contributed by atoms with Crippen LogP contribution in [-0.2, 0) is 0 Å². The molecule has 4 nitrogen and oxygen atoms in total. The Hall–Kier alpha value is -1.89. The van der Waals surface area contributed by atoms with Crippen molar-refractivity contribution >= 4 is 5.91 Å². The minimum absolute atomic E-state index is 0.00862. The van der Waals surface area contributed by atoms with Crippen LogP contribution in [0.1, 0.15) is 42.7 Å². The van der Waals surface area contributed by atoms with E-state index in [4.69, 9.17) is 5.26 Å². The van der Waals surface area contributed by atoms with Crippen molar-refractivity contribution in [3.8, 4) is 6.07 Å². The van der Waals surface area contributed by atoms with Gasteiger partial charge in [0, 0.05) is 19.3 Å². The van der Waals surface area contributed by atoms with E-state index in [0.29, 0.717) is 11.3 Å². The SMILES string of the molecule is CCCN(CCC)C(=O)c1ccc(C#N)nc1. The van der Waals surface area contributed by atoms with Crippen molar-refractivity contribution in [1.29, 1.82) is 5.26 Å². The number of carbonyl (C=O) groups excluding carboxylic acids is 1. The molecule has 1 aromatic heterocycles. The van der Waals surface area contributed by atoms with Gasteiger partial charge in [-0.3, -0.25) is 4.79 Å². The van der Waals surface area contributed by atoms with E-state index in [0.717, 1.165) is 25.9 Å². The van der Waals surface area contributed by atoms with Crippen LogP contribution in [0.2, 0.25) is 0 Å². The van der Waals surface area contributed by atoms with Gasteiger partial charge >= 0.3 is 0 Å². The van der Waals surface area contributed by atoms with E-state index in [-0.39, 0.29) is 5.91 Å². The molecule has 1 heterocycles. The van der Waals surface area contributed by atoms with E-state index in [1.165, 1.54) is 6.20 Å². The van der Waals surface area contributed by atoms with Gasteiger partial charge in [-0.15, -0.1) is 0 Å². The van der Waals surface area contributed by atoms with Crippen LogP contribution >= 0.6 is 0 Å². The average molecular weight is 231 g/mol. The van der Waals surface area contributed by atoms with E-state index < -0.39 is 0 Å². The molecule has 0 aromatic carbocycles. The molecule has 0 N–H and O–H groups in total. The predicted octanol–water partition coefficient (Wildman–Crippen LogP) is 2.22. The molecule has 4 heteroatoms. The molecule has 0 fully saturated rings. The summed E-state index contributed by atoms with van der Waals surface area (Å²) in [5.41, 5.74) is 0.880. The second-order valence-corrected chi connectivity index (χ2v) is 3.84. The maximum Gasteiger partial charge on any atom is 0.255 e. The Morgan fingerprint density at radius 1 is 1.35 bits per heavy atom. The number of carbonyl (C=O) groups is 1. The summed E-state index contributed by atoms with van der Waals surface area (Å²) in [5, 5.41) is 8.64. The number of pyridine rings is 1. The first kappa shape index (κ1) is 13.2. The number of hydrogen-bond donors (Lipinski definition) is 0. The Balaban J connectivity index is 2.81. The zero-order valence-corrected chi connectivity index (χ0v) is 10.3. The van der Waals surface area contributed by atoms with Crippen molar-refractivity contribution in [2.75, 3.05) is 13.1 Å². The number of nitriles is 1. The van der Waals surface area contributed by atoms with Crippen LogP contribution in [0.5, 0.6) is 0 Å². The Bertz CT molecular complexity index is 400. The van der Waals surface area contributed by atoms with Crippen LogP contribution in [0.25, 0.3) is 0 Å². The largest absolute Gasteiger partial charge is 0.339 e. The van der Waals surface area contributed by atoms with Crippen molar-refractivity contribution in [1.82, 2.24) is 9.88 Å². The number of rotatable bonds is 5. The first-order chi connectivity index (χ1) is 8.22. The van der Waals surface area contributed by atoms with E-state index in [9.17, 15) is 4.79 Å². The quantitative estimate of drug-likeness (QED) is 0.780. The zero-order valence-electron chi connectivity index (χ0n) is 10.3. The standard InChI is InChI=1S/C13H17N3O/c1-3-7-16(8-4-2)13(17)11-5-6-12(9-14)15-10-11/h5-6,10H,3-4,7-8H2,1-2H3. The van der Waals surface area contributed by atoms with Crippen molar-refractivity contribution < 1.29 is 4.79 Å². The maximum absolute atomic E-state index is 12.1. The van der Waals surface area contributed by atoms with Gasteiger partial charge in [0.05, 0.1) is 5.56 Å².